The van der Waals surface area contributed by atoms with E-state index in [-0.39, 0.29) is 11.4 Å². The lowest BCUT2D eigenvalue weighted by Gasteiger charge is -2.20. The van der Waals surface area contributed by atoms with Crippen LogP contribution in [0.4, 0.5) is 0 Å². The molecule has 0 saturated carbocycles. The van der Waals surface area contributed by atoms with E-state index in [1.165, 1.54) is 0 Å². The molecule has 7 heteroatoms. The van der Waals surface area contributed by atoms with E-state index in [9.17, 15) is 4.79 Å². The first-order valence-corrected chi connectivity index (χ1v) is 7.14. The van der Waals surface area contributed by atoms with Gasteiger partial charge in [-0.2, -0.15) is 5.10 Å². The van der Waals surface area contributed by atoms with Crippen LogP contribution in [0.3, 0.4) is 0 Å². The Balaban J connectivity index is 2.13. The smallest absolute Gasteiger partial charge is 0.222 e. The van der Waals surface area contributed by atoms with E-state index in [0.717, 1.165) is 5.56 Å². The van der Waals surface area contributed by atoms with Crippen molar-refractivity contribution in [3.05, 3.63) is 29.3 Å². The number of H-pyrrole nitrogens is 1. The Morgan fingerprint density at radius 1 is 1.48 bits per heavy atom. The third-order valence-electron chi connectivity index (χ3n) is 2.75. The van der Waals surface area contributed by atoms with Gasteiger partial charge in [0.05, 0.1) is 0 Å². The van der Waals surface area contributed by atoms with Crippen molar-refractivity contribution < 1.29 is 4.79 Å². The van der Waals surface area contributed by atoms with Gasteiger partial charge >= 0.3 is 0 Å². The molecular weight excluding hydrogens is 286 g/mol. The van der Waals surface area contributed by atoms with Crippen LogP contribution in [-0.4, -0.2) is 31.2 Å². The molecule has 2 rings (SSSR count). The molecule has 0 bridgehead atoms. The van der Waals surface area contributed by atoms with Gasteiger partial charge in [0, 0.05) is 36.5 Å². The summed E-state index contributed by atoms with van der Waals surface area (Å²) in [6.07, 6.45) is 3.76. The van der Waals surface area contributed by atoms with Crippen LogP contribution in [0.2, 0.25) is 0 Å². The minimum absolute atomic E-state index is 0.0114. The van der Waals surface area contributed by atoms with Gasteiger partial charge in [0.2, 0.25) is 5.91 Å². The number of amides is 1. The molecule has 21 heavy (non-hydrogen) atoms. The molecule has 0 aliphatic rings. The van der Waals surface area contributed by atoms with Gasteiger partial charge in [-0.25, -0.2) is 0 Å². The zero-order valence-electron chi connectivity index (χ0n) is 12.4. The quantitative estimate of drug-likeness (QED) is 0.850. The molecule has 0 aliphatic heterocycles. The molecule has 0 aliphatic carbocycles. The van der Waals surface area contributed by atoms with Crippen molar-refractivity contribution in [1.29, 1.82) is 0 Å². The Hall–Kier alpha value is -2.02. The van der Waals surface area contributed by atoms with E-state index < -0.39 is 0 Å². The number of carbonyl (C=O) groups is 1. The van der Waals surface area contributed by atoms with E-state index >= 15 is 0 Å². The van der Waals surface area contributed by atoms with Crippen molar-refractivity contribution in [2.75, 3.05) is 0 Å². The Bertz CT molecular complexity index is 669. The third kappa shape index (κ3) is 4.22. The Morgan fingerprint density at radius 3 is 2.86 bits per heavy atom. The van der Waals surface area contributed by atoms with Crippen LogP contribution >= 0.6 is 12.2 Å². The van der Waals surface area contributed by atoms with E-state index in [4.69, 9.17) is 12.2 Å². The highest BCUT2D eigenvalue weighted by Gasteiger charge is 2.15. The highest BCUT2D eigenvalue weighted by molar-refractivity contribution is 7.71. The van der Waals surface area contributed by atoms with Gasteiger partial charge in [-0.3, -0.25) is 19.4 Å². The van der Waals surface area contributed by atoms with Gasteiger partial charge in [0.25, 0.3) is 0 Å². The van der Waals surface area contributed by atoms with Crippen molar-refractivity contribution in [2.45, 2.75) is 39.3 Å². The van der Waals surface area contributed by atoms with Crippen LogP contribution in [0.15, 0.2) is 24.5 Å². The molecular formula is C14H19N5OS. The predicted octanol–water partition coefficient (Wildman–Crippen LogP) is 2.31. The summed E-state index contributed by atoms with van der Waals surface area (Å²) < 4.78 is 2.31. The summed E-state index contributed by atoms with van der Waals surface area (Å²) in [5.74, 6) is 0.680. The summed E-state index contributed by atoms with van der Waals surface area (Å²) >= 11 is 5.23. The van der Waals surface area contributed by atoms with Gasteiger partial charge in [-0.15, -0.1) is 0 Å². The summed E-state index contributed by atoms with van der Waals surface area (Å²) in [7, 11) is 0. The lowest BCUT2D eigenvalue weighted by Crippen LogP contribution is -2.40. The zero-order chi connectivity index (χ0) is 15.5. The molecule has 0 unspecified atom stereocenters. The maximum Gasteiger partial charge on any atom is 0.222 e. The van der Waals surface area contributed by atoms with E-state index in [1.807, 2.05) is 37.5 Å². The highest BCUT2D eigenvalue weighted by atomic mass is 32.1. The van der Waals surface area contributed by atoms with Gasteiger partial charge < -0.3 is 5.32 Å². The number of hydrogen-bond donors (Lipinski definition) is 2. The summed E-state index contributed by atoms with van der Waals surface area (Å²) in [6, 6.07) is 3.74. The third-order valence-corrected chi connectivity index (χ3v) is 3.07. The largest absolute Gasteiger partial charge is 0.351 e. The van der Waals surface area contributed by atoms with Gasteiger partial charge in [0.15, 0.2) is 10.6 Å². The molecule has 0 spiro atoms. The molecule has 112 valence electrons. The van der Waals surface area contributed by atoms with Gasteiger partial charge in [-0.05, 0) is 45.1 Å². The standard InChI is InChI=1S/C14H19N5OS/c1-14(2,3)16-11(20)6-8-19-12(17-18-13(19)21)10-5-4-7-15-9-10/h4-5,7,9H,6,8H2,1-3H3,(H,16,20)(H,18,21). The topological polar surface area (TPSA) is 75.6 Å². The van der Waals surface area contributed by atoms with Crippen molar-refractivity contribution in [3.63, 3.8) is 0 Å². The van der Waals surface area contributed by atoms with E-state index in [1.54, 1.807) is 12.4 Å². The van der Waals surface area contributed by atoms with E-state index in [0.29, 0.717) is 23.6 Å². The summed E-state index contributed by atoms with van der Waals surface area (Å²) in [4.78, 5) is 16.0. The minimum atomic E-state index is -0.235. The number of carbonyl (C=O) groups excluding carboxylic acids is 1. The molecule has 0 atom stereocenters. The fourth-order valence-corrected chi connectivity index (χ4v) is 2.16. The normalized spacial score (nSPS) is 11.4. The van der Waals surface area contributed by atoms with Crippen molar-refractivity contribution in [2.24, 2.45) is 0 Å². The molecule has 2 aromatic heterocycles. The van der Waals surface area contributed by atoms with Crippen molar-refractivity contribution >= 4 is 18.1 Å². The molecule has 2 aromatic rings. The number of nitrogens with zero attached hydrogens (tertiary/aromatic N) is 3. The van der Waals surface area contributed by atoms with Crippen LogP contribution < -0.4 is 5.32 Å². The number of aromatic amines is 1. The van der Waals surface area contributed by atoms with Gasteiger partial charge in [-0.1, -0.05) is 0 Å². The van der Waals surface area contributed by atoms with E-state index in [2.05, 4.69) is 20.5 Å². The second-order valence-electron chi connectivity index (χ2n) is 5.79. The fraction of sp³-hybridized carbons (Fsp3) is 0.429. The second kappa shape index (κ2) is 6.17. The summed E-state index contributed by atoms with van der Waals surface area (Å²) in [6.45, 7) is 6.34. The lowest BCUT2D eigenvalue weighted by molar-refractivity contribution is -0.122. The van der Waals surface area contributed by atoms with Crippen LogP contribution in [0.25, 0.3) is 11.4 Å². The fourth-order valence-electron chi connectivity index (χ4n) is 1.93. The first kappa shape index (κ1) is 15.4. The lowest BCUT2D eigenvalue weighted by atomic mass is 10.1. The highest BCUT2D eigenvalue weighted by Crippen LogP contribution is 2.16. The van der Waals surface area contributed by atoms with Crippen LogP contribution in [-0.2, 0) is 11.3 Å². The summed E-state index contributed by atoms with van der Waals surface area (Å²) in [5.41, 5.74) is 0.627. The Labute approximate surface area is 128 Å². The first-order valence-electron chi connectivity index (χ1n) is 6.73. The molecule has 2 N–H and O–H groups in total. The molecule has 0 aromatic carbocycles. The van der Waals surface area contributed by atoms with Crippen LogP contribution in [0.1, 0.15) is 27.2 Å². The minimum Gasteiger partial charge on any atom is -0.351 e. The number of aromatic nitrogens is 4. The first-order chi connectivity index (χ1) is 9.87. The number of hydrogen-bond acceptors (Lipinski definition) is 4. The van der Waals surface area contributed by atoms with Crippen molar-refractivity contribution in [3.8, 4) is 11.4 Å². The number of nitrogens with one attached hydrogen (secondary N) is 2. The van der Waals surface area contributed by atoms with Crippen LogP contribution in [0.5, 0.6) is 0 Å². The zero-order valence-corrected chi connectivity index (χ0v) is 13.2. The average Bonchev–Trinajstić information content (AvgIpc) is 2.77. The molecule has 0 saturated heterocycles. The molecule has 6 nitrogen and oxygen atoms in total. The maximum absolute atomic E-state index is 11.9. The second-order valence-corrected chi connectivity index (χ2v) is 6.18. The molecule has 2 heterocycles. The van der Waals surface area contributed by atoms with Crippen molar-refractivity contribution in [1.82, 2.24) is 25.1 Å². The Morgan fingerprint density at radius 2 is 2.24 bits per heavy atom. The monoisotopic (exact) mass is 305 g/mol. The number of rotatable bonds is 4. The van der Waals surface area contributed by atoms with Crippen LogP contribution in [0, 0.1) is 4.77 Å². The van der Waals surface area contributed by atoms with Gasteiger partial charge in [0.1, 0.15) is 0 Å². The predicted molar refractivity (Wildman–Crippen MR) is 83.2 cm³/mol. The molecule has 0 fully saturated rings. The number of pyridine rings is 1. The maximum atomic E-state index is 11.9. The summed E-state index contributed by atoms with van der Waals surface area (Å²) in [5, 5.41) is 9.91. The Kier molecular flexibility index (Phi) is 4.52. The molecule has 1 amide bonds. The average molecular weight is 305 g/mol. The SMILES string of the molecule is CC(C)(C)NC(=O)CCn1c(-c2cccnc2)n[nH]c1=S. The molecule has 0 radical (unpaired) electrons.